The highest BCUT2D eigenvalue weighted by Gasteiger charge is 2.40. The largest absolute Gasteiger partial charge is 0.331 e. The van der Waals surface area contributed by atoms with Crippen molar-refractivity contribution in [3.8, 4) is 11.9 Å². The van der Waals surface area contributed by atoms with Crippen molar-refractivity contribution in [2.24, 2.45) is 10.9 Å². The molecule has 126 valence electrons. The predicted molar refractivity (Wildman–Crippen MR) is 87.5 cm³/mol. The zero-order valence-corrected chi connectivity index (χ0v) is 13.7. The molecule has 25 heavy (non-hydrogen) atoms. The molecule has 0 saturated carbocycles. The summed E-state index contributed by atoms with van der Waals surface area (Å²) in [6.45, 7) is 0.215. The fraction of sp³-hybridized carbons (Fsp3) is 0.250. The van der Waals surface area contributed by atoms with Crippen LogP contribution in [0.4, 0.5) is 4.79 Å². The number of carbonyl (C=O) groups excluding carboxylic acids is 2. The first-order valence-electron chi connectivity index (χ1n) is 7.45. The van der Waals surface area contributed by atoms with Gasteiger partial charge >= 0.3 is 6.03 Å². The molecule has 0 bridgehead atoms. The lowest BCUT2D eigenvalue weighted by Gasteiger charge is -2.32. The van der Waals surface area contributed by atoms with Gasteiger partial charge in [-0.3, -0.25) is 24.2 Å². The number of hydrogen-bond acceptors (Lipinski definition) is 6. The Balaban J connectivity index is 1.88. The molecule has 0 N–H and O–H groups in total. The molecule has 1 unspecified atom stereocenters. The number of aliphatic imine (C=N–C) groups is 1. The van der Waals surface area contributed by atoms with E-state index in [4.69, 9.17) is 0 Å². The van der Waals surface area contributed by atoms with Gasteiger partial charge in [0.1, 0.15) is 18.0 Å². The summed E-state index contributed by atoms with van der Waals surface area (Å²) in [5.41, 5.74) is 0.829. The van der Waals surface area contributed by atoms with Crippen molar-refractivity contribution in [1.82, 2.24) is 24.3 Å². The third-order valence-corrected chi connectivity index (χ3v) is 3.88. The van der Waals surface area contributed by atoms with Crippen LogP contribution < -0.4 is 0 Å². The molecule has 2 aromatic rings. The summed E-state index contributed by atoms with van der Waals surface area (Å²) >= 11 is 0. The minimum absolute atomic E-state index is 0.150. The number of amidine groups is 1. The monoisotopic (exact) mass is 337 g/mol. The first-order valence-corrected chi connectivity index (χ1v) is 7.45. The Labute approximate surface area is 143 Å². The van der Waals surface area contributed by atoms with Crippen molar-refractivity contribution in [3.05, 3.63) is 42.6 Å². The quantitative estimate of drug-likeness (QED) is 0.824. The van der Waals surface area contributed by atoms with Crippen LogP contribution in [0.2, 0.25) is 0 Å². The molecular formula is C16H15N7O2. The number of urea groups is 1. The number of imidazole rings is 1. The minimum atomic E-state index is -1.09. The van der Waals surface area contributed by atoms with Gasteiger partial charge in [0.2, 0.25) is 0 Å². The second-order valence-electron chi connectivity index (χ2n) is 5.47. The molecule has 3 amide bonds. The standard InChI is InChI=1S/C16H15N7O2/c1-21-14(12(8-17)15(24)22(2)16(21)25)20-9-11-3-4-19-13(7-11)23-6-5-18-10-23/h3-7,10,12H,9H2,1-2H3. The van der Waals surface area contributed by atoms with Crippen molar-refractivity contribution in [2.75, 3.05) is 14.1 Å². The molecular weight excluding hydrogens is 322 g/mol. The lowest BCUT2D eigenvalue weighted by atomic mass is 10.1. The Morgan fingerprint density at radius 2 is 2.08 bits per heavy atom. The van der Waals surface area contributed by atoms with E-state index in [2.05, 4.69) is 15.0 Å². The summed E-state index contributed by atoms with van der Waals surface area (Å²) < 4.78 is 1.75. The molecule has 0 aromatic carbocycles. The molecule has 0 spiro atoms. The average Bonchev–Trinajstić information content (AvgIpc) is 3.17. The number of aromatic nitrogens is 3. The molecule has 1 aliphatic rings. The van der Waals surface area contributed by atoms with Gasteiger partial charge < -0.3 is 0 Å². The van der Waals surface area contributed by atoms with Crippen molar-refractivity contribution >= 4 is 17.8 Å². The van der Waals surface area contributed by atoms with E-state index in [1.165, 1.54) is 19.0 Å². The van der Waals surface area contributed by atoms with Gasteiger partial charge in [-0.2, -0.15) is 5.26 Å². The van der Waals surface area contributed by atoms with Crippen LogP contribution in [-0.4, -0.2) is 56.2 Å². The number of rotatable bonds is 3. The smallest absolute Gasteiger partial charge is 0.291 e. The third-order valence-electron chi connectivity index (χ3n) is 3.88. The second-order valence-corrected chi connectivity index (χ2v) is 5.47. The highest BCUT2D eigenvalue weighted by Crippen LogP contribution is 2.17. The summed E-state index contributed by atoms with van der Waals surface area (Å²) in [5, 5.41) is 9.28. The van der Waals surface area contributed by atoms with E-state index in [1.807, 2.05) is 12.1 Å². The van der Waals surface area contributed by atoms with Crippen LogP contribution in [0.15, 0.2) is 42.0 Å². The first kappa shape index (κ1) is 16.3. The zero-order chi connectivity index (χ0) is 18.0. The summed E-state index contributed by atoms with van der Waals surface area (Å²) in [4.78, 5) is 38.9. The fourth-order valence-electron chi connectivity index (χ4n) is 2.49. The number of imide groups is 1. The summed E-state index contributed by atoms with van der Waals surface area (Å²) in [6, 6.07) is 5.01. The van der Waals surface area contributed by atoms with Crippen LogP contribution >= 0.6 is 0 Å². The number of nitriles is 1. The van der Waals surface area contributed by atoms with E-state index < -0.39 is 17.9 Å². The van der Waals surface area contributed by atoms with Gasteiger partial charge in [-0.1, -0.05) is 0 Å². The first-order chi connectivity index (χ1) is 12.0. The van der Waals surface area contributed by atoms with Gasteiger partial charge in [0.15, 0.2) is 5.92 Å². The summed E-state index contributed by atoms with van der Waals surface area (Å²) in [6.07, 6.45) is 6.69. The van der Waals surface area contributed by atoms with Crippen LogP contribution in [0.3, 0.4) is 0 Å². The summed E-state index contributed by atoms with van der Waals surface area (Å²) in [7, 11) is 2.85. The third kappa shape index (κ3) is 2.97. The van der Waals surface area contributed by atoms with Gasteiger partial charge in [-0.25, -0.2) is 14.8 Å². The van der Waals surface area contributed by atoms with Gasteiger partial charge in [0, 0.05) is 32.7 Å². The zero-order valence-electron chi connectivity index (χ0n) is 13.7. The SMILES string of the molecule is CN1C(=O)C(C#N)C(=NCc2ccnc(-n3ccnc3)c2)N(C)C1=O. The van der Waals surface area contributed by atoms with Crippen molar-refractivity contribution in [2.45, 2.75) is 6.54 Å². The topological polar surface area (TPSA) is 107 Å². The Bertz CT molecular complexity index is 882. The summed E-state index contributed by atoms with van der Waals surface area (Å²) in [5.74, 6) is -0.839. The van der Waals surface area contributed by atoms with Crippen molar-refractivity contribution in [1.29, 1.82) is 5.26 Å². The van der Waals surface area contributed by atoms with Crippen LogP contribution in [0.25, 0.3) is 5.82 Å². The Morgan fingerprint density at radius 1 is 1.28 bits per heavy atom. The number of hydrogen-bond donors (Lipinski definition) is 0. The number of nitrogens with zero attached hydrogens (tertiary/aromatic N) is 7. The van der Waals surface area contributed by atoms with Crippen molar-refractivity contribution < 1.29 is 9.59 Å². The molecule has 2 aromatic heterocycles. The predicted octanol–water partition coefficient (Wildman–Crippen LogP) is 0.829. The number of carbonyl (C=O) groups is 2. The minimum Gasteiger partial charge on any atom is -0.291 e. The van der Waals surface area contributed by atoms with E-state index in [-0.39, 0.29) is 12.4 Å². The lowest BCUT2D eigenvalue weighted by Crippen LogP contribution is -2.56. The normalized spacial score (nSPS) is 19.4. The van der Waals surface area contributed by atoms with E-state index in [0.29, 0.717) is 5.82 Å². The van der Waals surface area contributed by atoms with Gasteiger partial charge in [-0.15, -0.1) is 0 Å². The molecule has 9 nitrogen and oxygen atoms in total. The highest BCUT2D eigenvalue weighted by atomic mass is 16.2. The Kier molecular flexibility index (Phi) is 4.26. The molecule has 1 saturated heterocycles. The van der Waals surface area contributed by atoms with Crippen LogP contribution in [-0.2, 0) is 11.3 Å². The van der Waals surface area contributed by atoms with Crippen molar-refractivity contribution in [3.63, 3.8) is 0 Å². The second kappa shape index (κ2) is 6.52. The Morgan fingerprint density at radius 3 is 2.76 bits per heavy atom. The van der Waals surface area contributed by atoms with Crippen LogP contribution in [0.5, 0.6) is 0 Å². The van der Waals surface area contributed by atoms with E-state index in [1.54, 1.807) is 35.6 Å². The molecule has 1 atom stereocenters. The molecule has 3 rings (SSSR count). The highest BCUT2D eigenvalue weighted by molar-refractivity contribution is 6.19. The van der Waals surface area contributed by atoms with Gasteiger partial charge in [0.05, 0.1) is 12.6 Å². The van der Waals surface area contributed by atoms with E-state index >= 15 is 0 Å². The number of pyridine rings is 1. The van der Waals surface area contributed by atoms with Crippen LogP contribution in [0, 0.1) is 17.2 Å². The number of amides is 3. The molecule has 1 fully saturated rings. The molecule has 9 heteroatoms. The molecule has 3 heterocycles. The molecule has 1 aliphatic heterocycles. The molecule has 0 aliphatic carbocycles. The van der Waals surface area contributed by atoms with Gasteiger partial charge in [-0.05, 0) is 17.7 Å². The van der Waals surface area contributed by atoms with Crippen LogP contribution in [0.1, 0.15) is 5.56 Å². The molecule has 0 radical (unpaired) electrons. The maximum absolute atomic E-state index is 12.1. The Hall–Kier alpha value is -3.54. The van der Waals surface area contributed by atoms with E-state index in [9.17, 15) is 14.9 Å². The lowest BCUT2D eigenvalue weighted by molar-refractivity contribution is -0.129. The maximum atomic E-state index is 12.1. The fourth-order valence-corrected chi connectivity index (χ4v) is 2.49. The maximum Gasteiger partial charge on any atom is 0.331 e. The van der Waals surface area contributed by atoms with E-state index in [0.717, 1.165) is 10.5 Å². The van der Waals surface area contributed by atoms with Gasteiger partial charge in [0.25, 0.3) is 5.91 Å². The average molecular weight is 337 g/mol.